The zero-order chi connectivity index (χ0) is 11.3. The molecule has 15 heavy (non-hydrogen) atoms. The number of aliphatic imine (C=N–C) groups is 1. The molecule has 1 saturated heterocycles. The lowest BCUT2D eigenvalue weighted by molar-refractivity contribution is 0.502. The molecule has 1 unspecified atom stereocenters. The first-order chi connectivity index (χ1) is 7.13. The van der Waals surface area contributed by atoms with E-state index in [4.69, 9.17) is 0 Å². The second-order valence-corrected chi connectivity index (χ2v) is 6.43. The molecule has 0 saturated carbocycles. The van der Waals surface area contributed by atoms with E-state index in [-0.39, 0.29) is 0 Å². The minimum Gasteiger partial charge on any atom is -0.361 e. The SMILES string of the molecule is CSCC(C)CN=C1N[C@@H](C(C)C)CS1. The van der Waals surface area contributed by atoms with Crippen LogP contribution in [0, 0.1) is 11.8 Å². The summed E-state index contributed by atoms with van der Waals surface area (Å²) < 4.78 is 0. The van der Waals surface area contributed by atoms with Gasteiger partial charge in [0, 0.05) is 18.3 Å². The minimum absolute atomic E-state index is 0.615. The van der Waals surface area contributed by atoms with E-state index in [1.807, 2.05) is 23.5 Å². The van der Waals surface area contributed by atoms with E-state index in [2.05, 4.69) is 37.3 Å². The van der Waals surface area contributed by atoms with Gasteiger partial charge in [0.2, 0.25) is 0 Å². The topological polar surface area (TPSA) is 24.4 Å². The average Bonchev–Trinajstić information content (AvgIpc) is 2.63. The van der Waals surface area contributed by atoms with Gasteiger partial charge in [0.1, 0.15) is 0 Å². The standard InChI is InChI=1S/C11H22N2S2/c1-8(2)10-7-15-11(13-10)12-5-9(3)6-14-4/h8-10H,5-7H2,1-4H3,(H,12,13)/t9?,10-/m1/s1. The van der Waals surface area contributed by atoms with Gasteiger partial charge in [0.05, 0.1) is 0 Å². The Balaban J connectivity index is 2.30. The molecule has 1 fully saturated rings. The van der Waals surface area contributed by atoms with Crippen LogP contribution in [0.3, 0.4) is 0 Å². The molecule has 0 aliphatic carbocycles. The third-order valence-electron chi connectivity index (χ3n) is 2.51. The minimum atomic E-state index is 0.615. The normalized spacial score (nSPS) is 25.9. The fourth-order valence-electron chi connectivity index (χ4n) is 1.44. The second kappa shape index (κ2) is 6.69. The Morgan fingerprint density at radius 3 is 2.80 bits per heavy atom. The molecular formula is C11H22N2S2. The van der Waals surface area contributed by atoms with Gasteiger partial charge in [0.15, 0.2) is 5.17 Å². The van der Waals surface area contributed by atoms with E-state index in [9.17, 15) is 0 Å². The second-order valence-electron chi connectivity index (χ2n) is 4.51. The van der Waals surface area contributed by atoms with Crippen molar-refractivity contribution in [3.8, 4) is 0 Å². The first-order valence-corrected chi connectivity index (χ1v) is 7.94. The van der Waals surface area contributed by atoms with Crippen molar-refractivity contribution >= 4 is 28.7 Å². The van der Waals surface area contributed by atoms with Gasteiger partial charge < -0.3 is 5.32 Å². The van der Waals surface area contributed by atoms with E-state index in [1.165, 1.54) is 11.5 Å². The van der Waals surface area contributed by atoms with Gasteiger partial charge in [0.25, 0.3) is 0 Å². The molecule has 2 nitrogen and oxygen atoms in total. The van der Waals surface area contributed by atoms with Crippen molar-refractivity contribution in [2.75, 3.05) is 24.3 Å². The Hall–Kier alpha value is 0.170. The molecule has 0 aromatic heterocycles. The van der Waals surface area contributed by atoms with Crippen molar-refractivity contribution in [3.05, 3.63) is 0 Å². The van der Waals surface area contributed by atoms with Gasteiger partial charge in [-0.25, -0.2) is 0 Å². The number of thioether (sulfide) groups is 2. The molecule has 0 aromatic carbocycles. The number of nitrogens with one attached hydrogen (secondary N) is 1. The van der Waals surface area contributed by atoms with Crippen LogP contribution in [-0.4, -0.2) is 35.5 Å². The molecular weight excluding hydrogens is 224 g/mol. The lowest BCUT2D eigenvalue weighted by atomic mass is 10.1. The lowest BCUT2D eigenvalue weighted by Gasteiger charge is -2.13. The van der Waals surface area contributed by atoms with Gasteiger partial charge in [-0.05, 0) is 23.8 Å². The first-order valence-electron chi connectivity index (χ1n) is 5.56. The molecule has 0 radical (unpaired) electrons. The summed E-state index contributed by atoms with van der Waals surface area (Å²) >= 11 is 3.77. The van der Waals surface area contributed by atoms with E-state index in [1.54, 1.807) is 0 Å². The van der Waals surface area contributed by atoms with Crippen molar-refractivity contribution in [2.45, 2.75) is 26.8 Å². The molecule has 88 valence electrons. The van der Waals surface area contributed by atoms with Gasteiger partial charge in [-0.15, -0.1) is 0 Å². The number of nitrogens with zero attached hydrogens (tertiary/aromatic N) is 1. The maximum Gasteiger partial charge on any atom is 0.156 e. The number of amidine groups is 1. The van der Waals surface area contributed by atoms with Gasteiger partial charge >= 0.3 is 0 Å². The average molecular weight is 246 g/mol. The van der Waals surface area contributed by atoms with Crippen LogP contribution in [0.25, 0.3) is 0 Å². The summed E-state index contributed by atoms with van der Waals surface area (Å²) in [5.74, 6) is 3.77. The fraction of sp³-hybridized carbons (Fsp3) is 0.909. The van der Waals surface area contributed by atoms with Crippen LogP contribution in [0.5, 0.6) is 0 Å². The van der Waals surface area contributed by atoms with E-state index >= 15 is 0 Å². The Bertz CT molecular complexity index is 217. The number of hydrogen-bond donors (Lipinski definition) is 1. The Labute approximate surface area is 102 Å². The van der Waals surface area contributed by atoms with Gasteiger partial charge in [-0.2, -0.15) is 11.8 Å². The van der Waals surface area contributed by atoms with Crippen LogP contribution in [0.15, 0.2) is 4.99 Å². The quantitative estimate of drug-likeness (QED) is 0.807. The molecule has 0 spiro atoms. The van der Waals surface area contributed by atoms with Gasteiger partial charge in [-0.3, -0.25) is 4.99 Å². The molecule has 1 N–H and O–H groups in total. The first kappa shape index (κ1) is 13.2. The fourth-order valence-corrected chi connectivity index (χ4v) is 3.32. The Morgan fingerprint density at radius 1 is 1.53 bits per heavy atom. The highest BCUT2D eigenvalue weighted by atomic mass is 32.2. The van der Waals surface area contributed by atoms with Crippen molar-refractivity contribution in [1.82, 2.24) is 5.32 Å². The number of rotatable bonds is 5. The molecule has 4 heteroatoms. The zero-order valence-electron chi connectivity index (χ0n) is 10.1. The predicted molar refractivity (Wildman–Crippen MR) is 74.1 cm³/mol. The smallest absolute Gasteiger partial charge is 0.156 e. The summed E-state index contributed by atoms with van der Waals surface area (Å²) in [7, 11) is 0. The predicted octanol–water partition coefficient (Wildman–Crippen LogP) is 2.70. The third-order valence-corrected chi connectivity index (χ3v) is 4.46. The molecule has 1 aliphatic heterocycles. The number of hydrogen-bond acceptors (Lipinski definition) is 3. The molecule has 1 heterocycles. The van der Waals surface area contributed by atoms with Gasteiger partial charge in [-0.1, -0.05) is 32.5 Å². The maximum atomic E-state index is 4.63. The molecule has 0 aromatic rings. The third kappa shape index (κ3) is 4.68. The van der Waals surface area contributed by atoms with E-state index in [0.717, 1.165) is 11.7 Å². The van der Waals surface area contributed by atoms with Crippen LogP contribution >= 0.6 is 23.5 Å². The van der Waals surface area contributed by atoms with Crippen LogP contribution in [-0.2, 0) is 0 Å². The largest absolute Gasteiger partial charge is 0.361 e. The molecule has 1 aliphatic rings. The molecule has 0 bridgehead atoms. The van der Waals surface area contributed by atoms with E-state index in [0.29, 0.717) is 17.9 Å². The maximum absolute atomic E-state index is 4.63. The van der Waals surface area contributed by atoms with Crippen LogP contribution in [0.2, 0.25) is 0 Å². The van der Waals surface area contributed by atoms with Crippen LogP contribution in [0.4, 0.5) is 0 Å². The van der Waals surface area contributed by atoms with Crippen LogP contribution in [0.1, 0.15) is 20.8 Å². The lowest BCUT2D eigenvalue weighted by Crippen LogP contribution is -2.31. The van der Waals surface area contributed by atoms with Crippen molar-refractivity contribution < 1.29 is 0 Å². The highest BCUT2D eigenvalue weighted by molar-refractivity contribution is 8.14. The Kier molecular flexibility index (Phi) is 5.90. The molecule has 2 atom stereocenters. The summed E-state index contributed by atoms with van der Waals surface area (Å²) in [6.07, 6.45) is 2.15. The van der Waals surface area contributed by atoms with Crippen molar-refractivity contribution in [1.29, 1.82) is 0 Å². The van der Waals surface area contributed by atoms with Crippen molar-refractivity contribution in [3.63, 3.8) is 0 Å². The summed E-state index contributed by atoms with van der Waals surface area (Å²) in [5, 5.41) is 4.65. The van der Waals surface area contributed by atoms with Crippen molar-refractivity contribution in [2.24, 2.45) is 16.8 Å². The zero-order valence-corrected chi connectivity index (χ0v) is 11.8. The highest BCUT2D eigenvalue weighted by Gasteiger charge is 2.22. The summed E-state index contributed by atoms with van der Waals surface area (Å²) in [4.78, 5) is 4.63. The highest BCUT2D eigenvalue weighted by Crippen LogP contribution is 2.19. The molecule has 0 amide bonds. The molecule has 1 rings (SSSR count). The summed E-state index contributed by atoms with van der Waals surface area (Å²) in [6.45, 7) is 7.75. The summed E-state index contributed by atoms with van der Waals surface area (Å²) in [5.41, 5.74) is 0. The monoisotopic (exact) mass is 246 g/mol. The summed E-state index contributed by atoms with van der Waals surface area (Å²) in [6, 6.07) is 0.615. The van der Waals surface area contributed by atoms with Crippen LogP contribution < -0.4 is 5.32 Å². The Morgan fingerprint density at radius 2 is 2.27 bits per heavy atom. The van der Waals surface area contributed by atoms with E-state index < -0.39 is 0 Å².